The summed E-state index contributed by atoms with van der Waals surface area (Å²) in [4.78, 5) is 21.3. The predicted molar refractivity (Wildman–Crippen MR) is 96.4 cm³/mol. The van der Waals surface area contributed by atoms with Gasteiger partial charge in [0, 0.05) is 38.4 Å². The number of piperidine rings is 1. The van der Waals surface area contributed by atoms with Crippen LogP contribution in [-0.4, -0.2) is 66.1 Å². The van der Waals surface area contributed by atoms with Crippen molar-refractivity contribution in [1.82, 2.24) is 14.8 Å². The van der Waals surface area contributed by atoms with Crippen LogP contribution in [0.2, 0.25) is 0 Å². The van der Waals surface area contributed by atoms with Crippen LogP contribution in [0.1, 0.15) is 36.2 Å². The number of allylic oxidation sites excluding steroid dienone is 1. The minimum atomic E-state index is 0.0708. The third kappa shape index (κ3) is 3.62. The van der Waals surface area contributed by atoms with Gasteiger partial charge in [0.05, 0.1) is 13.2 Å². The van der Waals surface area contributed by atoms with E-state index in [1.54, 1.807) is 12.3 Å². The average molecular weight is 341 g/mol. The van der Waals surface area contributed by atoms with E-state index in [-0.39, 0.29) is 5.91 Å². The second-order valence-electron chi connectivity index (χ2n) is 7.48. The number of rotatable bonds is 2. The molecule has 3 heterocycles. The first-order chi connectivity index (χ1) is 12.3. The van der Waals surface area contributed by atoms with Crippen molar-refractivity contribution in [2.75, 3.05) is 39.4 Å². The van der Waals surface area contributed by atoms with E-state index < -0.39 is 0 Å². The molecule has 1 atom stereocenters. The van der Waals surface area contributed by atoms with Gasteiger partial charge in [0.1, 0.15) is 5.69 Å². The van der Waals surface area contributed by atoms with Gasteiger partial charge in [-0.3, -0.25) is 14.7 Å². The van der Waals surface area contributed by atoms with Crippen molar-refractivity contribution in [3.05, 3.63) is 42.2 Å². The molecule has 1 amide bonds. The third-order valence-electron chi connectivity index (χ3n) is 6.06. The summed E-state index contributed by atoms with van der Waals surface area (Å²) < 4.78 is 5.46. The van der Waals surface area contributed by atoms with Crippen LogP contribution in [0.3, 0.4) is 0 Å². The minimum absolute atomic E-state index is 0.0708. The maximum atomic E-state index is 12.6. The summed E-state index contributed by atoms with van der Waals surface area (Å²) in [6, 6.07) is 6.10. The monoisotopic (exact) mass is 341 g/mol. The average Bonchev–Trinajstić information content (AvgIpc) is 2.70. The van der Waals surface area contributed by atoms with E-state index in [0.717, 1.165) is 52.2 Å². The van der Waals surface area contributed by atoms with Crippen molar-refractivity contribution < 1.29 is 9.53 Å². The van der Waals surface area contributed by atoms with Crippen LogP contribution < -0.4 is 0 Å². The fourth-order valence-electron chi connectivity index (χ4n) is 4.37. The lowest BCUT2D eigenvalue weighted by Crippen LogP contribution is -2.47. The number of likely N-dealkylation sites (tertiary alicyclic amines) is 1. The highest BCUT2D eigenvalue weighted by Crippen LogP contribution is 2.41. The number of aromatic nitrogens is 1. The Hall–Kier alpha value is -1.72. The highest BCUT2D eigenvalue weighted by atomic mass is 16.5. The number of pyridine rings is 1. The molecule has 2 fully saturated rings. The fourth-order valence-corrected chi connectivity index (χ4v) is 4.37. The Kier molecular flexibility index (Phi) is 4.86. The molecule has 0 radical (unpaired) electrons. The summed E-state index contributed by atoms with van der Waals surface area (Å²) in [5, 5.41) is 0. The molecule has 0 N–H and O–H groups in total. The Balaban J connectivity index is 1.35. The first-order valence-corrected chi connectivity index (χ1v) is 9.47. The quantitative estimate of drug-likeness (QED) is 0.775. The van der Waals surface area contributed by atoms with Crippen molar-refractivity contribution in [2.24, 2.45) is 5.41 Å². The van der Waals surface area contributed by atoms with Gasteiger partial charge in [-0.1, -0.05) is 18.2 Å². The first-order valence-electron chi connectivity index (χ1n) is 9.47. The normalized spacial score (nSPS) is 26.7. The zero-order chi connectivity index (χ0) is 17.1. The summed E-state index contributed by atoms with van der Waals surface area (Å²) in [5.41, 5.74) is 0.856. The molecular weight excluding hydrogens is 314 g/mol. The van der Waals surface area contributed by atoms with E-state index in [1.165, 1.54) is 12.8 Å². The van der Waals surface area contributed by atoms with E-state index in [9.17, 15) is 4.79 Å². The molecule has 0 bridgehead atoms. The molecule has 5 heteroatoms. The van der Waals surface area contributed by atoms with Crippen molar-refractivity contribution in [2.45, 2.75) is 31.7 Å². The van der Waals surface area contributed by atoms with Crippen LogP contribution in [-0.2, 0) is 4.74 Å². The number of carbonyl (C=O) groups is 1. The van der Waals surface area contributed by atoms with Crippen LogP contribution in [0.15, 0.2) is 36.5 Å². The smallest absolute Gasteiger partial charge is 0.272 e. The van der Waals surface area contributed by atoms with Crippen molar-refractivity contribution in [1.29, 1.82) is 0 Å². The molecule has 0 saturated carbocycles. The van der Waals surface area contributed by atoms with Gasteiger partial charge < -0.3 is 9.64 Å². The van der Waals surface area contributed by atoms with E-state index in [1.807, 2.05) is 17.0 Å². The summed E-state index contributed by atoms with van der Waals surface area (Å²) >= 11 is 0. The minimum Gasteiger partial charge on any atom is -0.379 e. The van der Waals surface area contributed by atoms with Gasteiger partial charge in [0.2, 0.25) is 0 Å². The Morgan fingerprint density at radius 1 is 1.12 bits per heavy atom. The Bertz CT molecular complexity index is 617. The lowest BCUT2D eigenvalue weighted by molar-refractivity contribution is 0.0177. The maximum Gasteiger partial charge on any atom is 0.272 e. The Labute approximate surface area is 149 Å². The molecule has 5 nitrogen and oxygen atoms in total. The molecule has 134 valence electrons. The molecule has 3 aliphatic rings. The van der Waals surface area contributed by atoms with Gasteiger partial charge in [-0.05, 0) is 43.2 Å². The lowest BCUT2D eigenvalue weighted by Gasteiger charge is -2.44. The number of morpholine rings is 1. The van der Waals surface area contributed by atoms with Crippen LogP contribution in [0.4, 0.5) is 0 Å². The van der Waals surface area contributed by atoms with E-state index in [2.05, 4.69) is 22.0 Å². The molecule has 1 spiro atoms. The number of nitrogens with zero attached hydrogens (tertiary/aromatic N) is 3. The Morgan fingerprint density at radius 2 is 1.92 bits per heavy atom. The second-order valence-corrected chi connectivity index (χ2v) is 7.48. The molecule has 0 unspecified atom stereocenters. The second kappa shape index (κ2) is 7.26. The number of amides is 1. The lowest BCUT2D eigenvalue weighted by atomic mass is 9.71. The molecular formula is C20H27N3O2. The van der Waals surface area contributed by atoms with Crippen molar-refractivity contribution in [3.63, 3.8) is 0 Å². The fraction of sp³-hybridized carbons (Fsp3) is 0.600. The maximum absolute atomic E-state index is 12.6. The number of carbonyl (C=O) groups excluding carboxylic acids is 1. The van der Waals surface area contributed by atoms with Gasteiger partial charge in [-0.2, -0.15) is 0 Å². The molecule has 2 saturated heterocycles. The van der Waals surface area contributed by atoms with Gasteiger partial charge in [-0.15, -0.1) is 0 Å². The van der Waals surface area contributed by atoms with Crippen LogP contribution in [0.5, 0.6) is 0 Å². The summed E-state index contributed by atoms with van der Waals surface area (Å²) in [6.45, 7) is 5.49. The van der Waals surface area contributed by atoms with Gasteiger partial charge in [0.25, 0.3) is 5.91 Å². The number of hydrogen-bond donors (Lipinski definition) is 0. The molecule has 4 rings (SSSR count). The SMILES string of the molecule is O=C(c1ccccn1)N1CCC2(C=C[C@@H](N3CCOCC3)CC2)CC1. The molecule has 1 aromatic rings. The predicted octanol–water partition coefficient (Wildman–Crippen LogP) is 2.35. The van der Waals surface area contributed by atoms with Crippen molar-refractivity contribution in [3.8, 4) is 0 Å². The van der Waals surface area contributed by atoms with Crippen LogP contribution in [0.25, 0.3) is 0 Å². The van der Waals surface area contributed by atoms with Gasteiger partial charge in [-0.25, -0.2) is 0 Å². The zero-order valence-corrected chi connectivity index (χ0v) is 14.8. The summed E-state index contributed by atoms with van der Waals surface area (Å²) in [5.74, 6) is 0.0708. The van der Waals surface area contributed by atoms with E-state index in [4.69, 9.17) is 4.74 Å². The van der Waals surface area contributed by atoms with Gasteiger partial charge >= 0.3 is 0 Å². The summed E-state index contributed by atoms with van der Waals surface area (Å²) in [7, 11) is 0. The number of hydrogen-bond acceptors (Lipinski definition) is 4. The largest absolute Gasteiger partial charge is 0.379 e. The van der Waals surface area contributed by atoms with Gasteiger partial charge in [0.15, 0.2) is 0 Å². The molecule has 1 aromatic heterocycles. The third-order valence-corrected chi connectivity index (χ3v) is 6.06. The topological polar surface area (TPSA) is 45.7 Å². The molecule has 1 aliphatic carbocycles. The summed E-state index contributed by atoms with van der Waals surface area (Å²) in [6.07, 6.45) is 11.2. The zero-order valence-electron chi connectivity index (χ0n) is 14.8. The van der Waals surface area contributed by atoms with Crippen LogP contribution >= 0.6 is 0 Å². The highest BCUT2D eigenvalue weighted by Gasteiger charge is 2.37. The highest BCUT2D eigenvalue weighted by molar-refractivity contribution is 5.92. The molecule has 2 aliphatic heterocycles. The molecule has 25 heavy (non-hydrogen) atoms. The molecule has 0 aromatic carbocycles. The standard InChI is InChI=1S/C20H27N3O2/c24-19(18-3-1-2-10-21-18)23-11-8-20(9-12-23)6-4-17(5-7-20)22-13-15-25-16-14-22/h1-4,6,10,17H,5,7-9,11-16H2/t17-/m1/s1. The number of ether oxygens (including phenoxy) is 1. The van der Waals surface area contributed by atoms with E-state index in [0.29, 0.717) is 17.2 Å². The first kappa shape index (κ1) is 16.7. The van der Waals surface area contributed by atoms with Crippen molar-refractivity contribution >= 4 is 5.91 Å². The van der Waals surface area contributed by atoms with Crippen LogP contribution in [0, 0.1) is 5.41 Å². The Morgan fingerprint density at radius 3 is 2.56 bits per heavy atom. The van der Waals surface area contributed by atoms with E-state index >= 15 is 0 Å².